The maximum absolute atomic E-state index is 12.6. The van der Waals surface area contributed by atoms with E-state index in [0.29, 0.717) is 19.6 Å². The second kappa shape index (κ2) is 10.6. The molecule has 0 saturated heterocycles. The fourth-order valence-electron chi connectivity index (χ4n) is 3.74. The number of hydrogen-bond acceptors (Lipinski definition) is 4. The summed E-state index contributed by atoms with van der Waals surface area (Å²) >= 11 is 0. The van der Waals surface area contributed by atoms with E-state index in [0.717, 1.165) is 29.7 Å². The molecule has 0 bridgehead atoms. The topological polar surface area (TPSA) is 86.8 Å². The molecule has 0 aliphatic carbocycles. The van der Waals surface area contributed by atoms with Gasteiger partial charge in [0, 0.05) is 44.0 Å². The lowest BCUT2D eigenvalue weighted by Gasteiger charge is -2.28. The second-order valence-corrected chi connectivity index (χ2v) is 9.44. The Labute approximate surface area is 189 Å². The van der Waals surface area contributed by atoms with Crippen molar-refractivity contribution < 1.29 is 18.0 Å². The molecule has 0 unspecified atom stereocenters. The standard InChI is InChI=1S/C24H29N3O4S/c1-3-26(4-2)32(30,31)21-13-11-19(12-14-21)18-25-23(28)15-16-24(29)27-17-7-9-20-8-5-6-10-22(20)27/h5-6,8,10-16H,3-4,7,9,17-18H2,1-2H3,(H,25,28). The van der Waals surface area contributed by atoms with Crippen molar-refractivity contribution in [2.45, 2.75) is 38.1 Å². The minimum absolute atomic E-state index is 0.224. The number of aryl methyl sites for hydroxylation is 1. The van der Waals surface area contributed by atoms with Gasteiger partial charge in [-0.2, -0.15) is 4.31 Å². The van der Waals surface area contributed by atoms with Crippen molar-refractivity contribution in [3.63, 3.8) is 0 Å². The van der Waals surface area contributed by atoms with Crippen molar-refractivity contribution in [3.05, 3.63) is 71.8 Å². The highest BCUT2D eigenvalue weighted by Gasteiger charge is 2.22. The molecule has 1 heterocycles. The highest BCUT2D eigenvalue weighted by atomic mass is 32.2. The van der Waals surface area contributed by atoms with Crippen LogP contribution in [0.3, 0.4) is 0 Å². The highest BCUT2D eigenvalue weighted by molar-refractivity contribution is 7.89. The summed E-state index contributed by atoms with van der Waals surface area (Å²) in [7, 11) is -3.51. The smallest absolute Gasteiger partial charge is 0.251 e. The summed E-state index contributed by atoms with van der Waals surface area (Å²) in [5, 5.41) is 2.72. The van der Waals surface area contributed by atoms with E-state index in [1.807, 2.05) is 24.3 Å². The maximum atomic E-state index is 12.6. The number of para-hydroxylation sites is 1. The first-order chi connectivity index (χ1) is 15.4. The number of nitrogens with zero attached hydrogens (tertiary/aromatic N) is 2. The summed E-state index contributed by atoms with van der Waals surface area (Å²) in [6, 6.07) is 14.2. The summed E-state index contributed by atoms with van der Waals surface area (Å²) in [6.07, 6.45) is 4.36. The van der Waals surface area contributed by atoms with Crippen molar-refractivity contribution >= 4 is 27.5 Å². The molecule has 1 aliphatic heterocycles. The maximum Gasteiger partial charge on any atom is 0.251 e. The third kappa shape index (κ3) is 5.44. The van der Waals surface area contributed by atoms with Crippen LogP contribution < -0.4 is 10.2 Å². The molecule has 0 radical (unpaired) electrons. The van der Waals surface area contributed by atoms with Gasteiger partial charge in [0.2, 0.25) is 15.9 Å². The number of nitrogens with one attached hydrogen (secondary N) is 1. The second-order valence-electron chi connectivity index (χ2n) is 7.51. The van der Waals surface area contributed by atoms with Gasteiger partial charge in [-0.25, -0.2) is 8.42 Å². The van der Waals surface area contributed by atoms with Gasteiger partial charge in [0.25, 0.3) is 5.91 Å². The van der Waals surface area contributed by atoms with Crippen molar-refractivity contribution in [3.8, 4) is 0 Å². The number of hydrogen-bond donors (Lipinski definition) is 1. The molecule has 2 aromatic rings. The Morgan fingerprint density at radius 2 is 1.72 bits per heavy atom. The number of carbonyl (C=O) groups excluding carboxylic acids is 2. The van der Waals surface area contributed by atoms with Gasteiger partial charge in [-0.05, 0) is 42.2 Å². The molecule has 170 valence electrons. The predicted molar refractivity (Wildman–Crippen MR) is 125 cm³/mol. The van der Waals surface area contributed by atoms with E-state index in [1.54, 1.807) is 43.0 Å². The summed E-state index contributed by atoms with van der Waals surface area (Å²) in [6.45, 7) is 5.27. The molecule has 1 N–H and O–H groups in total. The lowest BCUT2D eigenvalue weighted by atomic mass is 10.0. The number of amides is 2. The first-order valence-corrected chi connectivity index (χ1v) is 12.2. The lowest BCUT2D eigenvalue weighted by molar-refractivity contribution is -0.118. The molecular formula is C24H29N3O4S. The number of rotatable bonds is 8. The van der Waals surface area contributed by atoms with Gasteiger partial charge in [-0.15, -0.1) is 0 Å². The predicted octanol–water partition coefficient (Wildman–Crippen LogP) is 2.87. The van der Waals surface area contributed by atoms with Crippen LogP contribution in [0.5, 0.6) is 0 Å². The summed E-state index contributed by atoms with van der Waals surface area (Å²) in [5.41, 5.74) is 2.80. The van der Waals surface area contributed by atoms with Crippen molar-refractivity contribution in [1.82, 2.24) is 9.62 Å². The lowest BCUT2D eigenvalue weighted by Crippen LogP contribution is -2.34. The van der Waals surface area contributed by atoms with Crippen LogP contribution in [-0.2, 0) is 32.6 Å². The fourth-order valence-corrected chi connectivity index (χ4v) is 5.20. The Bertz CT molecular complexity index is 1090. The molecule has 7 nitrogen and oxygen atoms in total. The molecule has 0 saturated carbocycles. The molecule has 0 atom stereocenters. The van der Waals surface area contributed by atoms with Gasteiger partial charge in [0.05, 0.1) is 4.90 Å². The monoisotopic (exact) mass is 455 g/mol. The van der Waals surface area contributed by atoms with Crippen LogP contribution in [0.25, 0.3) is 0 Å². The van der Waals surface area contributed by atoms with Crippen LogP contribution in [0.2, 0.25) is 0 Å². The molecule has 32 heavy (non-hydrogen) atoms. The zero-order valence-corrected chi connectivity index (χ0v) is 19.3. The number of fused-ring (bicyclic) bond motifs is 1. The van der Waals surface area contributed by atoms with E-state index < -0.39 is 10.0 Å². The average molecular weight is 456 g/mol. The zero-order valence-electron chi connectivity index (χ0n) is 18.5. The van der Waals surface area contributed by atoms with E-state index >= 15 is 0 Å². The molecular weight excluding hydrogens is 426 g/mol. The van der Waals surface area contributed by atoms with Crippen molar-refractivity contribution in [2.24, 2.45) is 0 Å². The van der Waals surface area contributed by atoms with Crippen molar-refractivity contribution in [2.75, 3.05) is 24.5 Å². The Balaban J connectivity index is 1.56. The first kappa shape index (κ1) is 23.7. The van der Waals surface area contributed by atoms with Crippen LogP contribution >= 0.6 is 0 Å². The van der Waals surface area contributed by atoms with E-state index in [1.165, 1.54) is 16.5 Å². The Kier molecular flexibility index (Phi) is 7.82. The molecule has 1 aliphatic rings. The molecule has 8 heteroatoms. The third-order valence-corrected chi connectivity index (χ3v) is 7.55. The number of carbonyl (C=O) groups is 2. The summed E-state index contributed by atoms with van der Waals surface area (Å²) in [5.74, 6) is -0.609. The number of anilines is 1. The van der Waals surface area contributed by atoms with Gasteiger partial charge < -0.3 is 10.2 Å². The molecule has 3 rings (SSSR count). The Morgan fingerprint density at radius 3 is 2.41 bits per heavy atom. The molecule has 0 spiro atoms. The van der Waals surface area contributed by atoms with Gasteiger partial charge in [0.15, 0.2) is 0 Å². The van der Waals surface area contributed by atoms with E-state index in [4.69, 9.17) is 0 Å². The molecule has 2 aromatic carbocycles. The Morgan fingerprint density at radius 1 is 1.03 bits per heavy atom. The molecule has 0 aromatic heterocycles. The fraction of sp³-hybridized carbons (Fsp3) is 0.333. The van der Waals surface area contributed by atoms with E-state index in [9.17, 15) is 18.0 Å². The van der Waals surface area contributed by atoms with E-state index in [2.05, 4.69) is 5.32 Å². The molecule has 0 fully saturated rings. The highest BCUT2D eigenvalue weighted by Crippen LogP contribution is 2.26. The largest absolute Gasteiger partial charge is 0.348 e. The zero-order chi connectivity index (χ0) is 23.1. The van der Waals surface area contributed by atoms with Gasteiger partial charge in [0.1, 0.15) is 0 Å². The number of sulfonamides is 1. The quantitative estimate of drug-likeness (QED) is 0.620. The Hall–Kier alpha value is -2.97. The van der Waals surface area contributed by atoms with E-state index in [-0.39, 0.29) is 23.3 Å². The van der Waals surface area contributed by atoms with Gasteiger partial charge in [-0.1, -0.05) is 44.2 Å². The van der Waals surface area contributed by atoms with Crippen LogP contribution in [0.15, 0.2) is 65.6 Å². The van der Waals surface area contributed by atoms with Crippen LogP contribution in [-0.4, -0.2) is 44.2 Å². The minimum Gasteiger partial charge on any atom is -0.348 e. The summed E-state index contributed by atoms with van der Waals surface area (Å²) < 4.78 is 26.5. The normalized spacial score (nSPS) is 13.9. The van der Waals surface area contributed by atoms with Crippen molar-refractivity contribution in [1.29, 1.82) is 0 Å². The number of benzene rings is 2. The van der Waals surface area contributed by atoms with Gasteiger partial charge >= 0.3 is 0 Å². The van der Waals surface area contributed by atoms with Gasteiger partial charge in [-0.3, -0.25) is 9.59 Å². The van der Waals surface area contributed by atoms with Crippen LogP contribution in [0.4, 0.5) is 5.69 Å². The van der Waals surface area contributed by atoms with Crippen LogP contribution in [0, 0.1) is 0 Å². The SMILES string of the molecule is CCN(CC)S(=O)(=O)c1ccc(CNC(=O)C=CC(=O)N2CCCc3ccccc32)cc1. The first-order valence-electron chi connectivity index (χ1n) is 10.8. The third-order valence-electron chi connectivity index (χ3n) is 5.49. The minimum atomic E-state index is -3.51. The molecule has 2 amide bonds. The summed E-state index contributed by atoms with van der Waals surface area (Å²) in [4.78, 5) is 26.7. The van der Waals surface area contributed by atoms with Crippen LogP contribution in [0.1, 0.15) is 31.4 Å². The average Bonchev–Trinajstić information content (AvgIpc) is 2.81.